The highest BCUT2D eigenvalue weighted by Gasteiger charge is 2.11. The van der Waals surface area contributed by atoms with Crippen LogP contribution in [0.5, 0.6) is 0 Å². The number of nitrogens with zero attached hydrogens (tertiary/aromatic N) is 1. The molecular formula is C11H12BrNO2. The molecule has 0 radical (unpaired) electrons. The molecule has 0 unspecified atom stereocenters. The predicted molar refractivity (Wildman–Crippen MR) is 60.8 cm³/mol. The van der Waals surface area contributed by atoms with Gasteiger partial charge in [-0.3, -0.25) is 14.6 Å². The maximum Gasteiger partial charge on any atom is 0.171 e. The molecule has 80 valence electrons. The third-order valence-electron chi connectivity index (χ3n) is 1.91. The van der Waals surface area contributed by atoms with Gasteiger partial charge in [0.2, 0.25) is 0 Å². The van der Waals surface area contributed by atoms with Crippen molar-refractivity contribution >= 4 is 27.5 Å². The van der Waals surface area contributed by atoms with E-state index in [1.807, 2.05) is 6.92 Å². The van der Waals surface area contributed by atoms with Gasteiger partial charge in [-0.15, -0.1) is 0 Å². The van der Waals surface area contributed by atoms with E-state index in [0.29, 0.717) is 12.0 Å². The molecule has 1 aromatic heterocycles. The van der Waals surface area contributed by atoms with Crippen molar-refractivity contribution in [1.82, 2.24) is 4.98 Å². The van der Waals surface area contributed by atoms with Gasteiger partial charge in [0.25, 0.3) is 0 Å². The fourth-order valence-electron chi connectivity index (χ4n) is 1.21. The van der Waals surface area contributed by atoms with Gasteiger partial charge in [-0.1, -0.05) is 6.92 Å². The van der Waals surface area contributed by atoms with Crippen LogP contribution in [0.3, 0.4) is 0 Å². The molecule has 0 saturated carbocycles. The Morgan fingerprint density at radius 3 is 2.73 bits per heavy atom. The Labute approximate surface area is 97.0 Å². The Kier molecular flexibility index (Phi) is 4.62. The summed E-state index contributed by atoms with van der Waals surface area (Å²) in [5.41, 5.74) is 0.480. The molecule has 1 rings (SSSR count). The van der Waals surface area contributed by atoms with Gasteiger partial charge in [0.15, 0.2) is 5.78 Å². The SMILES string of the molecule is CCCC(=O)CC(=O)c1cncc(Br)c1. The highest BCUT2D eigenvalue weighted by molar-refractivity contribution is 9.10. The van der Waals surface area contributed by atoms with Gasteiger partial charge in [-0.2, -0.15) is 0 Å². The van der Waals surface area contributed by atoms with E-state index >= 15 is 0 Å². The van der Waals surface area contributed by atoms with Crippen molar-refractivity contribution in [1.29, 1.82) is 0 Å². The second kappa shape index (κ2) is 5.75. The Balaban J connectivity index is 2.65. The van der Waals surface area contributed by atoms with E-state index in [1.165, 1.54) is 6.20 Å². The topological polar surface area (TPSA) is 47.0 Å². The molecule has 0 saturated heterocycles. The molecule has 1 heterocycles. The standard InChI is InChI=1S/C11H12BrNO2/c1-2-3-10(14)5-11(15)8-4-9(12)7-13-6-8/h4,6-7H,2-3,5H2,1H3. The van der Waals surface area contributed by atoms with Crippen molar-refractivity contribution in [2.75, 3.05) is 0 Å². The monoisotopic (exact) mass is 269 g/mol. The van der Waals surface area contributed by atoms with Crippen LogP contribution in [0.1, 0.15) is 36.5 Å². The minimum Gasteiger partial charge on any atom is -0.299 e. The molecule has 3 nitrogen and oxygen atoms in total. The molecule has 0 N–H and O–H groups in total. The van der Waals surface area contributed by atoms with E-state index in [0.717, 1.165) is 10.9 Å². The zero-order chi connectivity index (χ0) is 11.3. The van der Waals surface area contributed by atoms with Crippen molar-refractivity contribution < 1.29 is 9.59 Å². The van der Waals surface area contributed by atoms with E-state index in [-0.39, 0.29) is 18.0 Å². The third kappa shape index (κ3) is 3.91. The number of carbonyl (C=O) groups excluding carboxylic acids is 2. The molecule has 0 aliphatic heterocycles. The number of hydrogen-bond donors (Lipinski definition) is 0. The number of hydrogen-bond acceptors (Lipinski definition) is 3. The molecule has 0 fully saturated rings. The Hall–Kier alpha value is -1.03. The van der Waals surface area contributed by atoms with Crippen LogP contribution in [0.15, 0.2) is 22.9 Å². The average molecular weight is 270 g/mol. The van der Waals surface area contributed by atoms with Gasteiger partial charge in [0.05, 0.1) is 6.42 Å². The lowest BCUT2D eigenvalue weighted by molar-refractivity contribution is -0.118. The first kappa shape index (κ1) is 12.0. The smallest absolute Gasteiger partial charge is 0.171 e. The molecule has 0 aliphatic rings. The van der Waals surface area contributed by atoms with E-state index in [2.05, 4.69) is 20.9 Å². The largest absolute Gasteiger partial charge is 0.299 e. The first-order valence-corrected chi connectivity index (χ1v) is 5.58. The number of ketones is 2. The third-order valence-corrected chi connectivity index (χ3v) is 2.35. The van der Waals surface area contributed by atoms with Gasteiger partial charge in [-0.25, -0.2) is 0 Å². The van der Waals surface area contributed by atoms with Gasteiger partial charge in [0, 0.05) is 28.9 Å². The number of carbonyl (C=O) groups is 2. The quantitative estimate of drug-likeness (QED) is 0.610. The summed E-state index contributed by atoms with van der Waals surface area (Å²) in [5, 5.41) is 0. The Morgan fingerprint density at radius 1 is 1.40 bits per heavy atom. The zero-order valence-corrected chi connectivity index (χ0v) is 10.1. The fourth-order valence-corrected chi connectivity index (χ4v) is 1.58. The van der Waals surface area contributed by atoms with Crippen LogP contribution in [-0.4, -0.2) is 16.6 Å². The van der Waals surface area contributed by atoms with Crippen molar-refractivity contribution in [3.05, 3.63) is 28.5 Å². The van der Waals surface area contributed by atoms with Crippen molar-refractivity contribution in [3.63, 3.8) is 0 Å². The molecule has 0 bridgehead atoms. The summed E-state index contributed by atoms with van der Waals surface area (Å²) in [6.45, 7) is 1.92. The summed E-state index contributed by atoms with van der Waals surface area (Å²) in [5.74, 6) is -0.176. The van der Waals surface area contributed by atoms with Crippen LogP contribution in [0.4, 0.5) is 0 Å². The van der Waals surface area contributed by atoms with Crippen LogP contribution in [0, 0.1) is 0 Å². The zero-order valence-electron chi connectivity index (χ0n) is 8.50. The fraction of sp³-hybridized carbons (Fsp3) is 0.364. The van der Waals surface area contributed by atoms with E-state index in [1.54, 1.807) is 12.3 Å². The van der Waals surface area contributed by atoms with Gasteiger partial charge in [-0.05, 0) is 28.4 Å². The molecule has 0 atom stereocenters. The highest BCUT2D eigenvalue weighted by atomic mass is 79.9. The maximum absolute atomic E-state index is 11.6. The molecule has 0 amide bonds. The second-order valence-corrected chi connectivity index (χ2v) is 4.20. The number of pyridine rings is 1. The summed E-state index contributed by atoms with van der Waals surface area (Å²) in [6, 6.07) is 1.68. The summed E-state index contributed by atoms with van der Waals surface area (Å²) >= 11 is 3.23. The summed E-state index contributed by atoms with van der Waals surface area (Å²) in [4.78, 5) is 26.7. The van der Waals surface area contributed by atoms with E-state index < -0.39 is 0 Å². The number of Topliss-reactive ketones (excluding diaryl/α,β-unsaturated/α-hetero) is 2. The lowest BCUT2D eigenvalue weighted by Crippen LogP contribution is -2.08. The lowest BCUT2D eigenvalue weighted by atomic mass is 10.1. The van der Waals surface area contributed by atoms with Crippen LogP contribution >= 0.6 is 15.9 Å². The highest BCUT2D eigenvalue weighted by Crippen LogP contribution is 2.11. The molecular weight excluding hydrogens is 258 g/mol. The van der Waals surface area contributed by atoms with Gasteiger partial charge in [0.1, 0.15) is 5.78 Å². The molecule has 0 aliphatic carbocycles. The van der Waals surface area contributed by atoms with Crippen LogP contribution < -0.4 is 0 Å². The van der Waals surface area contributed by atoms with Crippen LogP contribution in [-0.2, 0) is 4.79 Å². The molecule has 0 spiro atoms. The van der Waals surface area contributed by atoms with Crippen molar-refractivity contribution in [3.8, 4) is 0 Å². The van der Waals surface area contributed by atoms with E-state index in [4.69, 9.17) is 0 Å². The minimum absolute atomic E-state index is 0.0116. The summed E-state index contributed by atoms with van der Waals surface area (Å²) in [7, 11) is 0. The molecule has 15 heavy (non-hydrogen) atoms. The number of halogens is 1. The molecule has 1 aromatic rings. The molecule has 0 aromatic carbocycles. The maximum atomic E-state index is 11.6. The first-order chi connectivity index (χ1) is 7.13. The number of rotatable bonds is 5. The van der Waals surface area contributed by atoms with Crippen molar-refractivity contribution in [2.24, 2.45) is 0 Å². The van der Waals surface area contributed by atoms with Crippen molar-refractivity contribution in [2.45, 2.75) is 26.2 Å². The number of aromatic nitrogens is 1. The molecule has 4 heteroatoms. The predicted octanol–water partition coefficient (Wildman–Crippen LogP) is 2.79. The summed E-state index contributed by atoms with van der Waals surface area (Å²) < 4.78 is 0.747. The lowest BCUT2D eigenvalue weighted by Gasteiger charge is -1.99. The van der Waals surface area contributed by atoms with Crippen LogP contribution in [0.2, 0.25) is 0 Å². The second-order valence-electron chi connectivity index (χ2n) is 3.28. The van der Waals surface area contributed by atoms with Gasteiger partial charge < -0.3 is 0 Å². The first-order valence-electron chi connectivity index (χ1n) is 4.79. The van der Waals surface area contributed by atoms with Crippen LogP contribution in [0.25, 0.3) is 0 Å². The minimum atomic E-state index is -0.165. The van der Waals surface area contributed by atoms with E-state index in [9.17, 15) is 9.59 Å². The normalized spacial score (nSPS) is 10.0. The Morgan fingerprint density at radius 2 is 2.13 bits per heavy atom. The Bertz CT molecular complexity index is 377. The summed E-state index contributed by atoms with van der Waals surface area (Å²) in [6.07, 6.45) is 4.30. The van der Waals surface area contributed by atoms with Gasteiger partial charge >= 0.3 is 0 Å². The average Bonchev–Trinajstić information content (AvgIpc) is 2.18.